The summed E-state index contributed by atoms with van der Waals surface area (Å²) in [6, 6.07) is 27.0. The van der Waals surface area contributed by atoms with Crippen molar-refractivity contribution in [3.8, 4) is 11.8 Å². The van der Waals surface area contributed by atoms with E-state index in [9.17, 15) is 4.79 Å². The second-order valence-electron chi connectivity index (χ2n) is 5.01. The molecule has 0 saturated heterocycles. The van der Waals surface area contributed by atoms with Crippen molar-refractivity contribution < 1.29 is 9.53 Å². The van der Waals surface area contributed by atoms with Gasteiger partial charge in [0.05, 0.1) is 23.0 Å². The maximum atomic E-state index is 12.7. The van der Waals surface area contributed by atoms with E-state index in [1.807, 2.05) is 66.7 Å². The van der Waals surface area contributed by atoms with Gasteiger partial charge in [-0.3, -0.25) is 0 Å². The van der Waals surface area contributed by atoms with Crippen LogP contribution in [0.5, 0.6) is 5.75 Å². The molecule has 0 aliphatic heterocycles. The highest BCUT2D eigenvalue weighted by Crippen LogP contribution is 2.26. The first-order valence-corrected chi connectivity index (χ1v) is 7.40. The van der Waals surface area contributed by atoms with Crippen LogP contribution in [0.15, 0.2) is 84.9 Å². The minimum absolute atomic E-state index is 0.385. The number of amides is 1. The van der Waals surface area contributed by atoms with Crippen LogP contribution in [-0.4, -0.2) is 6.09 Å². The van der Waals surface area contributed by atoms with Crippen molar-refractivity contribution in [3.63, 3.8) is 0 Å². The van der Waals surface area contributed by atoms with E-state index in [0.717, 1.165) is 0 Å². The molecule has 3 rings (SSSR count). The topological polar surface area (TPSA) is 53.3 Å². The molecule has 0 fully saturated rings. The number of ether oxygens (including phenoxy) is 1. The fourth-order valence-electron chi connectivity index (χ4n) is 2.26. The fraction of sp³-hybridized carbons (Fsp3) is 0. The first-order valence-electron chi connectivity index (χ1n) is 7.40. The molecule has 3 aromatic carbocycles. The van der Waals surface area contributed by atoms with Gasteiger partial charge in [-0.25, -0.2) is 9.69 Å². The van der Waals surface area contributed by atoms with Crippen LogP contribution in [-0.2, 0) is 0 Å². The third kappa shape index (κ3) is 3.42. The normalized spacial score (nSPS) is 9.79. The molecule has 116 valence electrons. The maximum absolute atomic E-state index is 12.7. The van der Waals surface area contributed by atoms with Crippen molar-refractivity contribution in [2.45, 2.75) is 0 Å². The molecule has 0 N–H and O–H groups in total. The zero-order valence-electron chi connectivity index (χ0n) is 12.8. The molecule has 0 heterocycles. The number of hydrogen-bond acceptors (Lipinski definition) is 3. The number of anilines is 2. The quantitative estimate of drug-likeness (QED) is 0.691. The molecule has 0 spiro atoms. The summed E-state index contributed by atoms with van der Waals surface area (Å²) in [5.41, 5.74) is 1.93. The van der Waals surface area contributed by atoms with Crippen LogP contribution in [0.4, 0.5) is 16.2 Å². The predicted octanol–water partition coefficient (Wildman–Crippen LogP) is 4.90. The molecule has 24 heavy (non-hydrogen) atoms. The van der Waals surface area contributed by atoms with Gasteiger partial charge in [0.1, 0.15) is 5.75 Å². The van der Waals surface area contributed by atoms with Crippen molar-refractivity contribution in [2.24, 2.45) is 0 Å². The Kier molecular flexibility index (Phi) is 4.55. The molecule has 0 radical (unpaired) electrons. The minimum atomic E-state index is -0.517. The van der Waals surface area contributed by atoms with Gasteiger partial charge in [0, 0.05) is 0 Å². The Hall–Kier alpha value is -3.58. The highest BCUT2D eigenvalue weighted by Gasteiger charge is 2.19. The molecule has 0 saturated carbocycles. The van der Waals surface area contributed by atoms with E-state index in [1.165, 1.54) is 4.90 Å². The highest BCUT2D eigenvalue weighted by atomic mass is 16.6. The molecular formula is C20H14N2O2. The number of rotatable bonds is 3. The van der Waals surface area contributed by atoms with Gasteiger partial charge in [0.25, 0.3) is 0 Å². The third-order valence-electron chi connectivity index (χ3n) is 3.40. The lowest BCUT2D eigenvalue weighted by Gasteiger charge is -2.22. The van der Waals surface area contributed by atoms with Gasteiger partial charge in [-0.15, -0.1) is 0 Å². The standard InChI is InChI=1S/C20H14N2O2/c21-15-16-11-13-19(14-12-16)24-20(23)22(17-7-3-1-4-8-17)18-9-5-2-6-10-18/h1-14H. The third-order valence-corrected chi connectivity index (χ3v) is 3.40. The molecule has 0 aliphatic rings. The van der Waals surface area contributed by atoms with Gasteiger partial charge >= 0.3 is 6.09 Å². The van der Waals surface area contributed by atoms with Crippen molar-refractivity contribution in [2.75, 3.05) is 4.90 Å². The van der Waals surface area contributed by atoms with Gasteiger partial charge in [0.15, 0.2) is 0 Å². The lowest BCUT2D eigenvalue weighted by Crippen LogP contribution is -2.29. The van der Waals surface area contributed by atoms with E-state index < -0.39 is 6.09 Å². The summed E-state index contributed by atoms with van der Waals surface area (Å²) in [4.78, 5) is 14.2. The predicted molar refractivity (Wildman–Crippen MR) is 92.2 cm³/mol. The molecule has 0 aliphatic carbocycles. The molecule has 0 bridgehead atoms. The first kappa shape index (κ1) is 15.3. The van der Waals surface area contributed by atoms with Crippen LogP contribution in [0.25, 0.3) is 0 Å². The average Bonchev–Trinajstić information content (AvgIpc) is 2.64. The largest absolute Gasteiger partial charge is 0.424 e. The van der Waals surface area contributed by atoms with E-state index in [4.69, 9.17) is 10.00 Å². The van der Waals surface area contributed by atoms with Gasteiger partial charge in [-0.1, -0.05) is 36.4 Å². The zero-order chi connectivity index (χ0) is 16.8. The lowest BCUT2D eigenvalue weighted by atomic mass is 10.2. The zero-order valence-corrected chi connectivity index (χ0v) is 12.8. The van der Waals surface area contributed by atoms with E-state index in [1.54, 1.807) is 24.3 Å². The average molecular weight is 314 g/mol. The summed E-state index contributed by atoms with van der Waals surface area (Å²) in [7, 11) is 0. The Balaban J connectivity index is 1.90. The summed E-state index contributed by atoms with van der Waals surface area (Å²) in [6.07, 6.45) is -0.517. The lowest BCUT2D eigenvalue weighted by molar-refractivity contribution is 0.210. The Morgan fingerprint density at radius 3 is 1.75 bits per heavy atom. The maximum Gasteiger partial charge on any atom is 0.424 e. The van der Waals surface area contributed by atoms with E-state index in [-0.39, 0.29) is 0 Å². The van der Waals surface area contributed by atoms with E-state index in [2.05, 4.69) is 0 Å². The van der Waals surface area contributed by atoms with E-state index in [0.29, 0.717) is 22.7 Å². The van der Waals surface area contributed by atoms with Gasteiger partial charge in [0.2, 0.25) is 0 Å². The number of benzene rings is 3. The second-order valence-corrected chi connectivity index (χ2v) is 5.01. The second kappa shape index (κ2) is 7.12. The summed E-state index contributed by atoms with van der Waals surface area (Å²) < 4.78 is 5.46. The number of hydrogen-bond donors (Lipinski definition) is 0. The molecule has 0 atom stereocenters. The van der Waals surface area contributed by atoms with Crippen LogP contribution in [0.3, 0.4) is 0 Å². The Morgan fingerprint density at radius 2 is 1.29 bits per heavy atom. The van der Waals surface area contributed by atoms with Crippen LogP contribution >= 0.6 is 0 Å². The summed E-state index contributed by atoms with van der Waals surface area (Å²) >= 11 is 0. The Labute approximate surface area is 140 Å². The van der Waals surface area contributed by atoms with Gasteiger partial charge in [-0.2, -0.15) is 5.26 Å². The van der Waals surface area contributed by atoms with Gasteiger partial charge < -0.3 is 4.74 Å². The SMILES string of the molecule is N#Cc1ccc(OC(=O)N(c2ccccc2)c2ccccc2)cc1. The summed E-state index contributed by atoms with van der Waals surface area (Å²) in [6.45, 7) is 0. The number of para-hydroxylation sites is 2. The fourth-order valence-corrected chi connectivity index (χ4v) is 2.26. The van der Waals surface area contributed by atoms with Crippen LogP contribution in [0.2, 0.25) is 0 Å². The van der Waals surface area contributed by atoms with Gasteiger partial charge in [-0.05, 0) is 48.5 Å². The Morgan fingerprint density at radius 1 is 0.792 bits per heavy atom. The molecule has 0 aromatic heterocycles. The van der Waals surface area contributed by atoms with Crippen molar-refractivity contribution in [1.82, 2.24) is 0 Å². The van der Waals surface area contributed by atoms with Crippen LogP contribution in [0.1, 0.15) is 5.56 Å². The molecule has 1 amide bonds. The number of nitrogens with zero attached hydrogens (tertiary/aromatic N) is 2. The van der Waals surface area contributed by atoms with Crippen molar-refractivity contribution in [3.05, 3.63) is 90.5 Å². The first-order chi connectivity index (χ1) is 11.8. The highest BCUT2D eigenvalue weighted by molar-refractivity contribution is 5.97. The molecule has 0 unspecified atom stereocenters. The minimum Gasteiger partial charge on any atom is -0.410 e. The molecular weight excluding hydrogens is 300 g/mol. The van der Waals surface area contributed by atoms with Crippen LogP contribution in [0, 0.1) is 11.3 Å². The number of carbonyl (C=O) groups excluding carboxylic acids is 1. The number of carbonyl (C=O) groups is 1. The smallest absolute Gasteiger partial charge is 0.410 e. The van der Waals surface area contributed by atoms with Crippen molar-refractivity contribution in [1.29, 1.82) is 5.26 Å². The number of nitriles is 1. The monoisotopic (exact) mass is 314 g/mol. The van der Waals surface area contributed by atoms with E-state index >= 15 is 0 Å². The molecule has 4 nitrogen and oxygen atoms in total. The molecule has 3 aromatic rings. The summed E-state index contributed by atoms with van der Waals surface area (Å²) in [5, 5.41) is 8.83. The molecule has 4 heteroatoms. The summed E-state index contributed by atoms with van der Waals surface area (Å²) in [5.74, 6) is 0.385. The van der Waals surface area contributed by atoms with Crippen molar-refractivity contribution >= 4 is 17.5 Å². The Bertz CT molecular complexity index is 814. The van der Waals surface area contributed by atoms with Crippen LogP contribution < -0.4 is 9.64 Å².